The zero-order chi connectivity index (χ0) is 13.6. The normalized spacial score (nSPS) is 11.3. The minimum Gasteiger partial charge on any atom is -0.285 e. The molecular formula is C13H11ClN4O. The lowest BCUT2D eigenvalue weighted by molar-refractivity contribution is 0.649. The predicted octanol–water partition coefficient (Wildman–Crippen LogP) is 2.32. The summed E-state index contributed by atoms with van der Waals surface area (Å²) in [5.74, 6) is 0. The molecule has 0 atom stereocenters. The molecule has 0 aliphatic heterocycles. The summed E-state index contributed by atoms with van der Waals surface area (Å²) in [4.78, 5) is 21.0. The summed E-state index contributed by atoms with van der Waals surface area (Å²) < 4.78 is 1.69. The molecule has 0 unspecified atom stereocenters. The molecule has 0 aliphatic rings. The zero-order valence-corrected chi connectivity index (χ0v) is 11.3. The minimum absolute atomic E-state index is 0.186. The van der Waals surface area contributed by atoms with Crippen molar-refractivity contribution in [3.05, 3.63) is 39.1 Å². The summed E-state index contributed by atoms with van der Waals surface area (Å²) in [6, 6.07) is 5.24. The molecule has 0 fully saturated rings. The van der Waals surface area contributed by atoms with Crippen LogP contribution in [0, 0.1) is 6.92 Å². The van der Waals surface area contributed by atoms with Crippen molar-refractivity contribution in [1.82, 2.24) is 19.7 Å². The highest BCUT2D eigenvalue weighted by Crippen LogP contribution is 2.18. The summed E-state index contributed by atoms with van der Waals surface area (Å²) >= 11 is 5.94. The number of benzene rings is 1. The second-order valence-corrected chi connectivity index (χ2v) is 4.70. The Morgan fingerprint density at radius 2 is 2.05 bits per heavy atom. The largest absolute Gasteiger partial charge is 0.285 e. The van der Waals surface area contributed by atoms with E-state index in [1.54, 1.807) is 29.8 Å². The number of hydrogen-bond acceptors (Lipinski definition) is 4. The highest BCUT2D eigenvalue weighted by Gasteiger charge is 2.11. The Balaban J connectivity index is 2.53. The van der Waals surface area contributed by atoms with Crippen LogP contribution in [0.25, 0.3) is 22.2 Å². The average Bonchev–Trinajstić information content (AvgIpc) is 2.41. The molecule has 0 bridgehead atoms. The molecule has 2 heterocycles. The molecule has 0 saturated carbocycles. The van der Waals surface area contributed by atoms with E-state index in [1.165, 1.54) is 0 Å². The van der Waals surface area contributed by atoms with Gasteiger partial charge in [-0.2, -0.15) is 5.10 Å². The van der Waals surface area contributed by atoms with Gasteiger partial charge >= 0.3 is 0 Å². The van der Waals surface area contributed by atoms with Gasteiger partial charge in [-0.1, -0.05) is 11.6 Å². The fraction of sp³-hybridized carbons (Fsp3) is 0.231. The van der Waals surface area contributed by atoms with E-state index in [-0.39, 0.29) is 5.43 Å². The van der Waals surface area contributed by atoms with Gasteiger partial charge in [0, 0.05) is 11.6 Å². The fourth-order valence-corrected chi connectivity index (χ4v) is 2.18. The summed E-state index contributed by atoms with van der Waals surface area (Å²) in [6.45, 7) is 4.26. The first-order valence-corrected chi connectivity index (χ1v) is 6.32. The van der Waals surface area contributed by atoms with Gasteiger partial charge in [0.1, 0.15) is 5.69 Å². The van der Waals surface area contributed by atoms with Gasteiger partial charge < -0.3 is 0 Å². The quantitative estimate of drug-likeness (QED) is 0.639. The topological polar surface area (TPSA) is 60.7 Å². The van der Waals surface area contributed by atoms with Crippen molar-refractivity contribution in [3.63, 3.8) is 0 Å². The van der Waals surface area contributed by atoms with Crippen LogP contribution in [0.4, 0.5) is 0 Å². The van der Waals surface area contributed by atoms with Crippen LogP contribution in [0.3, 0.4) is 0 Å². The van der Waals surface area contributed by atoms with Crippen molar-refractivity contribution < 1.29 is 0 Å². The molecule has 2 aromatic heterocycles. The third-order valence-corrected chi connectivity index (χ3v) is 3.20. The molecule has 19 heavy (non-hydrogen) atoms. The van der Waals surface area contributed by atoms with Gasteiger partial charge in [0.15, 0.2) is 11.2 Å². The van der Waals surface area contributed by atoms with E-state index in [9.17, 15) is 4.79 Å². The molecule has 0 N–H and O–H groups in total. The molecule has 0 saturated heterocycles. The van der Waals surface area contributed by atoms with Crippen LogP contribution in [0.2, 0.25) is 5.02 Å². The van der Waals surface area contributed by atoms with E-state index in [0.29, 0.717) is 39.5 Å². The van der Waals surface area contributed by atoms with Crippen molar-refractivity contribution in [2.75, 3.05) is 0 Å². The second kappa shape index (κ2) is 4.28. The molecule has 0 aliphatic carbocycles. The fourth-order valence-electron chi connectivity index (χ4n) is 2.02. The first-order valence-electron chi connectivity index (χ1n) is 5.95. The minimum atomic E-state index is -0.186. The number of nitrogens with zero attached hydrogens (tertiary/aromatic N) is 4. The summed E-state index contributed by atoms with van der Waals surface area (Å²) in [7, 11) is 0. The molecule has 3 rings (SSSR count). The number of halogens is 1. The molecule has 0 spiro atoms. The Kier molecular flexibility index (Phi) is 2.71. The van der Waals surface area contributed by atoms with Gasteiger partial charge in [0.05, 0.1) is 11.0 Å². The van der Waals surface area contributed by atoms with Crippen molar-refractivity contribution in [2.24, 2.45) is 0 Å². The van der Waals surface area contributed by atoms with E-state index in [1.807, 2.05) is 6.92 Å². The monoisotopic (exact) mass is 274 g/mol. The van der Waals surface area contributed by atoms with Gasteiger partial charge in [-0.05, 0) is 32.0 Å². The van der Waals surface area contributed by atoms with E-state index in [2.05, 4.69) is 15.1 Å². The lowest BCUT2D eigenvalue weighted by Crippen LogP contribution is -2.18. The van der Waals surface area contributed by atoms with E-state index < -0.39 is 0 Å². The highest BCUT2D eigenvalue weighted by molar-refractivity contribution is 6.31. The summed E-state index contributed by atoms with van der Waals surface area (Å²) in [6.07, 6.45) is 0. The summed E-state index contributed by atoms with van der Waals surface area (Å²) in [5.41, 5.74) is 2.39. The molecule has 0 radical (unpaired) electrons. The Morgan fingerprint density at radius 1 is 1.26 bits per heavy atom. The Morgan fingerprint density at radius 3 is 2.79 bits per heavy atom. The van der Waals surface area contributed by atoms with Crippen LogP contribution in [-0.2, 0) is 6.54 Å². The van der Waals surface area contributed by atoms with Gasteiger partial charge in [0.25, 0.3) is 0 Å². The maximum Gasteiger partial charge on any atom is 0.230 e. The van der Waals surface area contributed by atoms with Gasteiger partial charge in [-0.3, -0.25) is 4.79 Å². The Bertz CT molecular complexity index is 856. The van der Waals surface area contributed by atoms with Crippen LogP contribution in [0.1, 0.15) is 12.6 Å². The standard InChI is InChI=1S/C13H11ClN4O/c1-3-18-13-11(12(19)7(2)17-18)15-10-6-8(14)4-5-9(10)16-13/h4-6H,3H2,1-2H3. The highest BCUT2D eigenvalue weighted by atomic mass is 35.5. The number of aromatic nitrogens is 4. The summed E-state index contributed by atoms with van der Waals surface area (Å²) in [5, 5.41) is 4.79. The second-order valence-electron chi connectivity index (χ2n) is 4.26. The third kappa shape index (κ3) is 1.86. The lowest BCUT2D eigenvalue weighted by Gasteiger charge is -2.08. The first-order chi connectivity index (χ1) is 9.10. The maximum atomic E-state index is 12.1. The maximum absolute atomic E-state index is 12.1. The molecule has 96 valence electrons. The average molecular weight is 275 g/mol. The molecule has 1 aromatic carbocycles. The van der Waals surface area contributed by atoms with Gasteiger partial charge in [-0.15, -0.1) is 0 Å². The van der Waals surface area contributed by atoms with Gasteiger partial charge in [0.2, 0.25) is 5.43 Å². The van der Waals surface area contributed by atoms with Crippen molar-refractivity contribution in [2.45, 2.75) is 20.4 Å². The van der Waals surface area contributed by atoms with Crippen LogP contribution in [0.5, 0.6) is 0 Å². The Hall–Kier alpha value is -2.01. The van der Waals surface area contributed by atoms with Gasteiger partial charge in [-0.25, -0.2) is 14.6 Å². The molecule has 0 amide bonds. The van der Waals surface area contributed by atoms with E-state index in [0.717, 1.165) is 0 Å². The third-order valence-electron chi connectivity index (χ3n) is 2.97. The van der Waals surface area contributed by atoms with E-state index in [4.69, 9.17) is 11.6 Å². The molecule has 5 nitrogen and oxygen atoms in total. The lowest BCUT2D eigenvalue weighted by atomic mass is 10.3. The van der Waals surface area contributed by atoms with Crippen molar-refractivity contribution in [3.8, 4) is 0 Å². The van der Waals surface area contributed by atoms with Crippen molar-refractivity contribution >= 4 is 33.8 Å². The Labute approximate surface area is 113 Å². The number of rotatable bonds is 1. The molecule has 3 aromatic rings. The number of aryl methyl sites for hydroxylation is 2. The molecular weight excluding hydrogens is 264 g/mol. The SMILES string of the molecule is CCn1nc(C)c(=O)c2nc3cc(Cl)ccc3nc21. The van der Waals surface area contributed by atoms with Crippen LogP contribution in [0.15, 0.2) is 23.0 Å². The van der Waals surface area contributed by atoms with Crippen LogP contribution >= 0.6 is 11.6 Å². The number of fused-ring (bicyclic) bond motifs is 2. The predicted molar refractivity (Wildman–Crippen MR) is 74.5 cm³/mol. The molecule has 6 heteroatoms. The van der Waals surface area contributed by atoms with Crippen LogP contribution in [-0.4, -0.2) is 19.7 Å². The van der Waals surface area contributed by atoms with Crippen LogP contribution < -0.4 is 5.43 Å². The smallest absolute Gasteiger partial charge is 0.230 e. The van der Waals surface area contributed by atoms with Crippen molar-refractivity contribution in [1.29, 1.82) is 0 Å². The van der Waals surface area contributed by atoms with E-state index >= 15 is 0 Å². The number of hydrogen-bond donors (Lipinski definition) is 0. The zero-order valence-electron chi connectivity index (χ0n) is 10.5. The first kappa shape index (κ1) is 12.0.